The Labute approximate surface area is 189 Å². The van der Waals surface area contributed by atoms with E-state index in [0.29, 0.717) is 35.3 Å². The van der Waals surface area contributed by atoms with Gasteiger partial charge in [-0.1, -0.05) is 36.8 Å². The van der Waals surface area contributed by atoms with Gasteiger partial charge >= 0.3 is 12.0 Å². The Morgan fingerprint density at radius 1 is 1.06 bits per heavy atom. The van der Waals surface area contributed by atoms with Crippen molar-refractivity contribution in [1.29, 1.82) is 0 Å². The Balaban J connectivity index is 1.65. The number of nitrogens with zero attached hydrogens (tertiary/aromatic N) is 2. The summed E-state index contributed by atoms with van der Waals surface area (Å²) in [5, 5.41) is 4.86. The number of urea groups is 1. The van der Waals surface area contributed by atoms with Gasteiger partial charge in [0.15, 0.2) is 0 Å². The molecule has 2 N–H and O–H groups in total. The van der Waals surface area contributed by atoms with Crippen LogP contribution in [-0.2, 0) is 22.5 Å². The van der Waals surface area contributed by atoms with Crippen LogP contribution in [0, 0.1) is 0 Å². The lowest BCUT2D eigenvalue weighted by Crippen LogP contribution is -2.41. The minimum Gasteiger partial charge on any atom is -0.444 e. The van der Waals surface area contributed by atoms with Crippen molar-refractivity contribution in [3.05, 3.63) is 75.8 Å². The van der Waals surface area contributed by atoms with Crippen LogP contribution in [0.2, 0.25) is 0 Å². The third-order valence-corrected chi connectivity index (χ3v) is 5.58. The number of hydrogen-bond donors (Lipinski definition) is 2. The molecule has 3 amide bonds. The van der Waals surface area contributed by atoms with Gasteiger partial charge in [-0.2, -0.15) is 0 Å². The molecule has 170 valence electrons. The van der Waals surface area contributed by atoms with Crippen LogP contribution < -0.4 is 16.2 Å². The molecule has 2 heterocycles. The van der Waals surface area contributed by atoms with Gasteiger partial charge in [0.1, 0.15) is 5.82 Å². The first-order valence-electron chi connectivity index (χ1n) is 10.8. The number of rotatable bonds is 4. The highest BCUT2D eigenvalue weighted by Crippen LogP contribution is 2.21. The number of aromatic nitrogens is 2. The van der Waals surface area contributed by atoms with E-state index in [0.717, 1.165) is 19.3 Å². The molecular weight excluding hydrogens is 424 g/mol. The quantitative estimate of drug-likeness (QED) is 0.592. The summed E-state index contributed by atoms with van der Waals surface area (Å²) in [4.78, 5) is 54.7. The second kappa shape index (κ2) is 9.64. The topological polar surface area (TPSA) is 119 Å². The zero-order valence-electron chi connectivity index (χ0n) is 18.2. The Kier molecular flexibility index (Phi) is 6.48. The molecule has 9 nitrogen and oxygen atoms in total. The van der Waals surface area contributed by atoms with E-state index in [4.69, 9.17) is 4.74 Å². The molecule has 2 aromatic carbocycles. The molecule has 0 bridgehead atoms. The van der Waals surface area contributed by atoms with Crippen molar-refractivity contribution in [1.82, 2.24) is 20.2 Å². The number of ether oxygens (including phenoxy) is 1. The maximum atomic E-state index is 12.9. The fourth-order valence-electron chi connectivity index (χ4n) is 3.86. The van der Waals surface area contributed by atoms with Crippen LogP contribution >= 0.6 is 0 Å². The number of amides is 3. The Morgan fingerprint density at radius 3 is 2.61 bits per heavy atom. The lowest BCUT2D eigenvalue weighted by molar-refractivity contribution is -0.129. The molecule has 4 rings (SSSR count). The first-order valence-corrected chi connectivity index (χ1v) is 10.8. The number of hydrogen-bond acceptors (Lipinski definition) is 6. The fourth-order valence-corrected chi connectivity index (χ4v) is 3.86. The van der Waals surface area contributed by atoms with Crippen LogP contribution in [0.4, 0.5) is 4.79 Å². The predicted octanol–water partition coefficient (Wildman–Crippen LogP) is 2.48. The van der Waals surface area contributed by atoms with Crippen molar-refractivity contribution in [3.8, 4) is 0 Å². The SMILES string of the molecule is CNC(=O)NC(=O)[C@H](OC(=O)c1ccc2c(=O)n3c(nc2c1)CCCCC3)c1ccccc1. The molecule has 0 unspecified atom stereocenters. The van der Waals surface area contributed by atoms with Gasteiger partial charge < -0.3 is 10.1 Å². The molecule has 3 aromatic rings. The lowest BCUT2D eigenvalue weighted by Gasteiger charge is -2.18. The molecule has 33 heavy (non-hydrogen) atoms. The largest absolute Gasteiger partial charge is 0.444 e. The number of esters is 1. The van der Waals surface area contributed by atoms with Crippen LogP contribution in [0.25, 0.3) is 10.9 Å². The first-order chi connectivity index (χ1) is 16.0. The first kappa shape index (κ1) is 22.2. The fraction of sp³-hybridized carbons (Fsp3) is 0.292. The highest BCUT2D eigenvalue weighted by molar-refractivity contribution is 6.00. The summed E-state index contributed by atoms with van der Waals surface area (Å²) in [5.41, 5.74) is 0.856. The van der Waals surface area contributed by atoms with Crippen molar-refractivity contribution < 1.29 is 19.1 Å². The average Bonchev–Trinajstić information content (AvgIpc) is 3.08. The van der Waals surface area contributed by atoms with Crippen molar-refractivity contribution in [2.75, 3.05) is 7.05 Å². The van der Waals surface area contributed by atoms with E-state index in [1.165, 1.54) is 19.2 Å². The maximum absolute atomic E-state index is 12.9. The normalized spacial score (nSPS) is 14.0. The molecule has 0 saturated heterocycles. The smallest absolute Gasteiger partial charge is 0.339 e. The van der Waals surface area contributed by atoms with Gasteiger partial charge in [-0.25, -0.2) is 14.6 Å². The number of carbonyl (C=O) groups excluding carboxylic acids is 3. The third kappa shape index (κ3) is 4.77. The number of nitrogens with one attached hydrogen (secondary N) is 2. The molecule has 0 fully saturated rings. The van der Waals surface area contributed by atoms with E-state index in [-0.39, 0.29) is 11.1 Å². The van der Waals surface area contributed by atoms with Crippen LogP contribution in [0.15, 0.2) is 53.3 Å². The second-order valence-electron chi connectivity index (χ2n) is 7.79. The standard InChI is InChI=1S/C24H24N4O5/c1-25-24(32)27-21(29)20(15-8-4-2-5-9-15)33-23(31)16-11-12-17-18(14-16)26-19-10-6-3-7-13-28(19)22(17)30/h2,4-5,8-9,11-12,14,20H,3,6-7,10,13H2,1H3,(H2,25,27,29,32)/t20-/m1/s1. The van der Waals surface area contributed by atoms with Gasteiger partial charge in [-0.3, -0.25) is 19.5 Å². The van der Waals surface area contributed by atoms with E-state index in [2.05, 4.69) is 15.6 Å². The molecule has 0 aliphatic carbocycles. The van der Waals surface area contributed by atoms with E-state index in [1.807, 2.05) is 0 Å². The van der Waals surface area contributed by atoms with Gasteiger partial charge in [-0.15, -0.1) is 0 Å². The summed E-state index contributed by atoms with van der Waals surface area (Å²) in [6.07, 6.45) is 2.30. The van der Waals surface area contributed by atoms with E-state index in [9.17, 15) is 19.2 Å². The van der Waals surface area contributed by atoms with Gasteiger partial charge in [-0.05, 0) is 31.0 Å². The highest BCUT2D eigenvalue weighted by Gasteiger charge is 2.27. The Hall–Kier alpha value is -4.01. The summed E-state index contributed by atoms with van der Waals surface area (Å²) >= 11 is 0. The zero-order valence-corrected chi connectivity index (χ0v) is 18.2. The van der Waals surface area contributed by atoms with Crippen LogP contribution in [0.5, 0.6) is 0 Å². The molecular formula is C24H24N4O5. The van der Waals surface area contributed by atoms with Crippen molar-refractivity contribution in [3.63, 3.8) is 0 Å². The summed E-state index contributed by atoms with van der Waals surface area (Å²) in [5.74, 6) is -0.839. The van der Waals surface area contributed by atoms with E-state index in [1.54, 1.807) is 41.0 Å². The number of carbonyl (C=O) groups is 3. The monoisotopic (exact) mass is 448 g/mol. The Morgan fingerprint density at radius 2 is 1.85 bits per heavy atom. The third-order valence-electron chi connectivity index (χ3n) is 5.58. The minimum atomic E-state index is -1.34. The summed E-state index contributed by atoms with van der Waals surface area (Å²) in [6.45, 7) is 0.639. The van der Waals surface area contributed by atoms with Crippen LogP contribution in [0.1, 0.15) is 47.1 Å². The molecule has 1 aliphatic heterocycles. The van der Waals surface area contributed by atoms with Crippen LogP contribution in [0.3, 0.4) is 0 Å². The molecule has 0 radical (unpaired) electrons. The average molecular weight is 448 g/mol. The molecule has 1 aliphatic rings. The molecule has 0 spiro atoms. The molecule has 9 heteroatoms. The summed E-state index contributed by atoms with van der Waals surface area (Å²) in [7, 11) is 1.37. The highest BCUT2D eigenvalue weighted by atomic mass is 16.5. The van der Waals surface area contributed by atoms with Gasteiger partial charge in [0.05, 0.1) is 16.5 Å². The summed E-state index contributed by atoms with van der Waals surface area (Å²) in [6, 6.07) is 12.2. The van der Waals surface area contributed by atoms with E-state index >= 15 is 0 Å². The number of fused-ring (bicyclic) bond motifs is 2. The minimum absolute atomic E-state index is 0.121. The Bertz CT molecular complexity index is 1270. The van der Waals surface area contributed by atoms with E-state index < -0.39 is 24.0 Å². The lowest BCUT2D eigenvalue weighted by atomic mass is 10.1. The zero-order chi connectivity index (χ0) is 23.4. The number of aryl methyl sites for hydroxylation is 1. The summed E-state index contributed by atoms with van der Waals surface area (Å²) < 4.78 is 7.21. The molecule has 1 atom stereocenters. The molecule has 0 saturated carbocycles. The molecule has 1 aromatic heterocycles. The predicted molar refractivity (Wildman–Crippen MR) is 121 cm³/mol. The van der Waals surface area contributed by atoms with Crippen molar-refractivity contribution in [2.24, 2.45) is 0 Å². The van der Waals surface area contributed by atoms with Gasteiger partial charge in [0, 0.05) is 25.6 Å². The van der Waals surface area contributed by atoms with Crippen molar-refractivity contribution >= 4 is 28.8 Å². The van der Waals surface area contributed by atoms with Gasteiger partial charge in [0.2, 0.25) is 6.10 Å². The number of imide groups is 1. The van der Waals surface area contributed by atoms with Gasteiger partial charge in [0.25, 0.3) is 11.5 Å². The van der Waals surface area contributed by atoms with Crippen LogP contribution in [-0.4, -0.2) is 34.5 Å². The maximum Gasteiger partial charge on any atom is 0.339 e. The second-order valence-corrected chi connectivity index (χ2v) is 7.79. The number of benzene rings is 2. The van der Waals surface area contributed by atoms with Crippen molar-refractivity contribution in [2.45, 2.75) is 38.3 Å².